The summed E-state index contributed by atoms with van der Waals surface area (Å²) in [6.07, 6.45) is 0. The number of hydrogen-bond donors (Lipinski definition) is 0. The molecule has 2 heterocycles. The Bertz CT molecular complexity index is 3030. The van der Waals surface area contributed by atoms with Crippen molar-refractivity contribution >= 4 is 43.9 Å². The molecule has 3 heteroatoms. The molecule has 0 bridgehead atoms. The molecule has 10 rings (SSSR count). The van der Waals surface area contributed by atoms with E-state index in [1.165, 1.54) is 0 Å². The number of rotatable bonds is 5. The van der Waals surface area contributed by atoms with E-state index < -0.39 is 0 Å². The second-order valence-electron chi connectivity index (χ2n) is 13.2. The number of nitriles is 1. The van der Waals surface area contributed by atoms with Crippen LogP contribution in [0.25, 0.3) is 99.5 Å². The number of furan rings is 2. The summed E-state index contributed by atoms with van der Waals surface area (Å²) in [5.41, 5.74) is 14.8. The molecule has 3 nitrogen and oxygen atoms in total. The fraction of sp³-hybridized carbons (Fsp3) is 0.0392. The van der Waals surface area contributed by atoms with Crippen molar-refractivity contribution in [2.45, 2.75) is 13.8 Å². The van der Waals surface area contributed by atoms with Gasteiger partial charge in [0.1, 0.15) is 22.3 Å². The van der Waals surface area contributed by atoms with Crippen molar-refractivity contribution in [3.05, 3.63) is 181 Å². The lowest BCUT2D eigenvalue weighted by Gasteiger charge is -2.11. The first-order valence-electron chi connectivity index (χ1n) is 18.4. The average Bonchev–Trinajstić information content (AvgIpc) is 3.83. The van der Waals surface area contributed by atoms with E-state index in [1.54, 1.807) is 0 Å². The third-order valence-electron chi connectivity index (χ3n) is 10.1. The fourth-order valence-electron chi connectivity index (χ4n) is 7.56. The molecule has 8 aromatic carbocycles. The van der Waals surface area contributed by atoms with E-state index in [0.717, 1.165) is 99.5 Å². The second-order valence-corrected chi connectivity index (χ2v) is 13.2. The molecule has 2 aromatic heterocycles. The number of nitrogens with zero attached hydrogens (tertiary/aromatic N) is 1. The van der Waals surface area contributed by atoms with Crippen molar-refractivity contribution in [3.63, 3.8) is 0 Å². The SMILES string of the molecule is CC.N#Cc1cc(-c2ccc(-c3cccc(-c4cccc5c4oc4ccccc45)c3)cc2)cc(-c2cccc(-c3cccc4c3oc3ccccc34)c2)c1. The molecule has 0 N–H and O–H groups in total. The van der Waals surface area contributed by atoms with Crippen molar-refractivity contribution in [1.29, 1.82) is 5.26 Å². The normalized spacial score (nSPS) is 11.1. The Hall–Kier alpha value is -7.15. The van der Waals surface area contributed by atoms with Crippen LogP contribution in [0.15, 0.2) is 185 Å². The molecular formula is C51H35NO2. The van der Waals surface area contributed by atoms with Gasteiger partial charge in [0.05, 0.1) is 11.6 Å². The summed E-state index contributed by atoms with van der Waals surface area (Å²) in [5, 5.41) is 14.5. The summed E-state index contributed by atoms with van der Waals surface area (Å²) in [5.74, 6) is 0. The van der Waals surface area contributed by atoms with Crippen molar-refractivity contribution in [2.24, 2.45) is 0 Å². The van der Waals surface area contributed by atoms with Gasteiger partial charge in [-0.15, -0.1) is 0 Å². The Labute approximate surface area is 314 Å². The fourth-order valence-corrected chi connectivity index (χ4v) is 7.56. The molecule has 0 saturated carbocycles. The van der Waals surface area contributed by atoms with Crippen LogP contribution >= 0.6 is 0 Å². The van der Waals surface area contributed by atoms with Crippen molar-refractivity contribution in [2.75, 3.05) is 0 Å². The van der Waals surface area contributed by atoms with Crippen LogP contribution in [0.4, 0.5) is 0 Å². The number of para-hydroxylation sites is 4. The summed E-state index contributed by atoms with van der Waals surface area (Å²) in [6, 6.07) is 63.2. The van der Waals surface area contributed by atoms with Gasteiger partial charge in [0.25, 0.3) is 0 Å². The predicted octanol–water partition coefficient (Wildman–Crippen LogP) is 14.7. The maximum Gasteiger partial charge on any atom is 0.143 e. The minimum Gasteiger partial charge on any atom is -0.455 e. The lowest BCUT2D eigenvalue weighted by atomic mass is 9.93. The largest absolute Gasteiger partial charge is 0.455 e. The molecule has 0 fully saturated rings. The summed E-state index contributed by atoms with van der Waals surface area (Å²) in [4.78, 5) is 0. The van der Waals surface area contributed by atoms with Gasteiger partial charge >= 0.3 is 0 Å². The summed E-state index contributed by atoms with van der Waals surface area (Å²) >= 11 is 0. The Morgan fingerprint density at radius 3 is 1.26 bits per heavy atom. The van der Waals surface area contributed by atoms with Gasteiger partial charge in [-0.05, 0) is 87.0 Å². The van der Waals surface area contributed by atoms with Crippen LogP contribution in [0.2, 0.25) is 0 Å². The van der Waals surface area contributed by atoms with Crippen molar-refractivity contribution < 1.29 is 8.83 Å². The van der Waals surface area contributed by atoms with Gasteiger partial charge in [-0.3, -0.25) is 0 Å². The maximum atomic E-state index is 10.1. The minimum atomic E-state index is 0.619. The van der Waals surface area contributed by atoms with Crippen LogP contribution in [-0.2, 0) is 0 Å². The van der Waals surface area contributed by atoms with Gasteiger partial charge < -0.3 is 8.83 Å². The molecule has 256 valence electrons. The highest BCUT2D eigenvalue weighted by molar-refractivity contribution is 6.10. The van der Waals surface area contributed by atoms with Crippen molar-refractivity contribution in [1.82, 2.24) is 0 Å². The summed E-state index contributed by atoms with van der Waals surface area (Å²) < 4.78 is 12.7. The lowest BCUT2D eigenvalue weighted by Crippen LogP contribution is -1.87. The van der Waals surface area contributed by atoms with Crippen LogP contribution in [-0.4, -0.2) is 0 Å². The van der Waals surface area contributed by atoms with E-state index in [0.29, 0.717) is 5.56 Å². The zero-order valence-electron chi connectivity index (χ0n) is 30.0. The quantitative estimate of drug-likeness (QED) is 0.180. The average molecular weight is 694 g/mol. The Balaban J connectivity index is 0.00000189. The van der Waals surface area contributed by atoms with Crippen molar-refractivity contribution in [3.8, 4) is 61.7 Å². The third-order valence-corrected chi connectivity index (χ3v) is 10.1. The first-order valence-corrected chi connectivity index (χ1v) is 18.4. The monoisotopic (exact) mass is 693 g/mol. The molecule has 0 radical (unpaired) electrons. The first kappa shape index (κ1) is 32.7. The van der Waals surface area contributed by atoms with Gasteiger partial charge in [-0.2, -0.15) is 5.26 Å². The Morgan fingerprint density at radius 1 is 0.352 bits per heavy atom. The van der Waals surface area contributed by atoms with Crippen LogP contribution in [0.1, 0.15) is 19.4 Å². The highest BCUT2D eigenvalue weighted by Gasteiger charge is 2.15. The molecule has 0 aliphatic heterocycles. The van der Waals surface area contributed by atoms with Crippen LogP contribution in [0, 0.1) is 11.3 Å². The van der Waals surface area contributed by atoms with E-state index in [9.17, 15) is 5.26 Å². The van der Waals surface area contributed by atoms with E-state index in [1.807, 2.05) is 56.3 Å². The zero-order chi connectivity index (χ0) is 36.6. The molecule has 0 aliphatic carbocycles. The van der Waals surface area contributed by atoms with E-state index in [4.69, 9.17) is 8.83 Å². The standard InChI is InChI=1S/C49H29NO2.C2H6/c50-30-31-25-38(29-39(26-31)35-10-6-12-37(28-35)41-16-8-18-45-43-14-2-4-20-47(43)52-49(41)45)33-23-21-32(22-24-33)34-9-5-11-36(27-34)40-15-7-17-44-42-13-1-3-19-46(42)51-48(40)44;1-2/h1-29H;1-2H3. The molecule has 0 amide bonds. The number of hydrogen-bond acceptors (Lipinski definition) is 3. The predicted molar refractivity (Wildman–Crippen MR) is 224 cm³/mol. The molecule has 0 atom stereocenters. The molecule has 54 heavy (non-hydrogen) atoms. The molecule has 10 aromatic rings. The summed E-state index contributed by atoms with van der Waals surface area (Å²) in [7, 11) is 0. The van der Waals surface area contributed by atoms with Gasteiger partial charge in [-0.1, -0.05) is 147 Å². The second kappa shape index (κ2) is 13.8. The van der Waals surface area contributed by atoms with Crippen LogP contribution < -0.4 is 0 Å². The molecular weight excluding hydrogens is 659 g/mol. The first-order chi connectivity index (χ1) is 26.7. The Kier molecular flexibility index (Phi) is 8.35. The molecule has 0 aliphatic rings. The lowest BCUT2D eigenvalue weighted by molar-refractivity contribution is 0.669. The van der Waals surface area contributed by atoms with E-state index in [-0.39, 0.29) is 0 Å². The van der Waals surface area contributed by atoms with Gasteiger partial charge in [-0.25, -0.2) is 0 Å². The maximum absolute atomic E-state index is 10.1. The molecule has 0 spiro atoms. The molecule has 0 unspecified atom stereocenters. The third kappa shape index (κ3) is 5.71. The number of fused-ring (bicyclic) bond motifs is 6. The highest BCUT2D eigenvalue weighted by Crippen LogP contribution is 2.39. The van der Waals surface area contributed by atoms with Gasteiger partial charge in [0.15, 0.2) is 0 Å². The zero-order valence-corrected chi connectivity index (χ0v) is 30.0. The van der Waals surface area contributed by atoms with Crippen LogP contribution in [0.3, 0.4) is 0 Å². The topological polar surface area (TPSA) is 50.1 Å². The number of benzene rings is 8. The van der Waals surface area contributed by atoms with Crippen LogP contribution in [0.5, 0.6) is 0 Å². The Morgan fingerprint density at radius 2 is 0.741 bits per heavy atom. The molecule has 0 saturated heterocycles. The smallest absolute Gasteiger partial charge is 0.143 e. The minimum absolute atomic E-state index is 0.619. The van der Waals surface area contributed by atoms with Gasteiger partial charge in [0, 0.05) is 32.7 Å². The highest BCUT2D eigenvalue weighted by atomic mass is 16.3. The summed E-state index contributed by atoms with van der Waals surface area (Å²) in [6.45, 7) is 4.00. The van der Waals surface area contributed by atoms with E-state index >= 15 is 0 Å². The van der Waals surface area contributed by atoms with E-state index in [2.05, 4.69) is 140 Å². The van der Waals surface area contributed by atoms with Gasteiger partial charge in [0.2, 0.25) is 0 Å².